The van der Waals surface area contributed by atoms with E-state index in [0.29, 0.717) is 18.6 Å². The zero-order chi connectivity index (χ0) is 10.8. The maximum absolute atomic E-state index is 10.5. The summed E-state index contributed by atoms with van der Waals surface area (Å²) in [6.07, 6.45) is 1.23. The van der Waals surface area contributed by atoms with Crippen molar-refractivity contribution in [3.8, 4) is 5.75 Å². The van der Waals surface area contributed by atoms with Gasteiger partial charge in [0.25, 0.3) is 5.69 Å². The zero-order valence-corrected chi connectivity index (χ0v) is 8.05. The van der Waals surface area contributed by atoms with Crippen molar-refractivity contribution in [3.63, 3.8) is 0 Å². The van der Waals surface area contributed by atoms with Crippen molar-refractivity contribution in [1.82, 2.24) is 0 Å². The molecule has 0 bridgehead atoms. The van der Waals surface area contributed by atoms with Gasteiger partial charge >= 0.3 is 0 Å². The van der Waals surface area contributed by atoms with Gasteiger partial charge in [-0.1, -0.05) is 0 Å². The Hall–Kier alpha value is -1.62. The predicted octanol–water partition coefficient (Wildman–Crippen LogP) is 1.28. The fraction of sp³-hybridized carbons (Fsp3) is 0.400. The van der Waals surface area contributed by atoms with Crippen molar-refractivity contribution in [3.05, 3.63) is 33.9 Å². The second-order valence-electron chi connectivity index (χ2n) is 3.51. The lowest BCUT2D eigenvalue weighted by molar-refractivity contribution is -0.385. The van der Waals surface area contributed by atoms with Crippen molar-refractivity contribution in [1.29, 1.82) is 0 Å². The van der Waals surface area contributed by atoms with Crippen molar-refractivity contribution in [2.45, 2.75) is 18.9 Å². The van der Waals surface area contributed by atoms with E-state index in [1.165, 1.54) is 12.1 Å². The van der Waals surface area contributed by atoms with Gasteiger partial charge in [-0.2, -0.15) is 0 Å². The molecule has 1 atom stereocenters. The van der Waals surface area contributed by atoms with Gasteiger partial charge in [0, 0.05) is 17.7 Å². The summed E-state index contributed by atoms with van der Waals surface area (Å²) in [6.45, 7) is -0.0174. The lowest BCUT2D eigenvalue weighted by atomic mass is 10.0. The smallest absolute Gasteiger partial charge is 0.269 e. The summed E-state index contributed by atoms with van der Waals surface area (Å²) in [5.41, 5.74) is 0.925. The second kappa shape index (κ2) is 3.86. The van der Waals surface area contributed by atoms with Crippen LogP contribution in [0, 0.1) is 10.1 Å². The number of aliphatic hydroxyl groups excluding tert-OH is 1. The number of aliphatic hydroxyl groups is 1. The summed E-state index contributed by atoms with van der Waals surface area (Å²) in [5.74, 6) is 0.644. The van der Waals surface area contributed by atoms with Gasteiger partial charge in [-0.3, -0.25) is 10.1 Å². The van der Waals surface area contributed by atoms with Crippen LogP contribution >= 0.6 is 0 Å². The van der Waals surface area contributed by atoms with E-state index < -0.39 is 4.92 Å². The average Bonchev–Trinajstić information content (AvgIpc) is 2.27. The lowest BCUT2D eigenvalue weighted by Crippen LogP contribution is -2.26. The molecule has 2 rings (SSSR count). The molecule has 0 saturated carbocycles. The first-order valence-electron chi connectivity index (χ1n) is 4.75. The summed E-state index contributed by atoms with van der Waals surface area (Å²) in [4.78, 5) is 10.1. The van der Waals surface area contributed by atoms with Gasteiger partial charge < -0.3 is 9.84 Å². The largest absolute Gasteiger partial charge is 0.488 e. The minimum absolute atomic E-state index is 0.0174. The van der Waals surface area contributed by atoms with E-state index in [1.54, 1.807) is 6.07 Å². The Morgan fingerprint density at radius 2 is 2.40 bits per heavy atom. The molecule has 0 fully saturated rings. The summed E-state index contributed by atoms with van der Waals surface area (Å²) in [5, 5.41) is 19.5. The van der Waals surface area contributed by atoms with Crippen molar-refractivity contribution in [2.75, 3.05) is 6.61 Å². The van der Waals surface area contributed by atoms with Crippen LogP contribution in [0.1, 0.15) is 12.0 Å². The molecule has 1 N–H and O–H groups in total. The highest BCUT2D eigenvalue weighted by molar-refractivity contribution is 5.44. The van der Waals surface area contributed by atoms with Crippen LogP contribution in [-0.2, 0) is 6.42 Å². The molecule has 80 valence electrons. The molecule has 5 heteroatoms. The molecule has 1 aromatic carbocycles. The number of hydrogen-bond donors (Lipinski definition) is 1. The maximum Gasteiger partial charge on any atom is 0.269 e. The SMILES string of the molecule is O=[N+]([O-])c1ccc2c(c1)CC[C@H](CO)O2. The van der Waals surface area contributed by atoms with Crippen LogP contribution in [0.5, 0.6) is 5.75 Å². The van der Waals surface area contributed by atoms with E-state index in [4.69, 9.17) is 9.84 Å². The highest BCUT2D eigenvalue weighted by atomic mass is 16.6. The Morgan fingerprint density at radius 3 is 3.07 bits per heavy atom. The van der Waals surface area contributed by atoms with Gasteiger partial charge in [-0.05, 0) is 18.9 Å². The van der Waals surface area contributed by atoms with E-state index in [9.17, 15) is 10.1 Å². The molecule has 0 amide bonds. The third-order valence-corrected chi connectivity index (χ3v) is 2.49. The minimum Gasteiger partial charge on any atom is -0.488 e. The number of ether oxygens (including phenoxy) is 1. The molecule has 15 heavy (non-hydrogen) atoms. The molecular weight excluding hydrogens is 198 g/mol. The van der Waals surface area contributed by atoms with E-state index in [2.05, 4.69) is 0 Å². The van der Waals surface area contributed by atoms with Crippen LogP contribution in [0.4, 0.5) is 5.69 Å². The number of non-ortho nitro benzene ring substituents is 1. The molecule has 0 unspecified atom stereocenters. The molecule has 0 radical (unpaired) electrons. The van der Waals surface area contributed by atoms with E-state index >= 15 is 0 Å². The molecule has 0 aliphatic carbocycles. The molecule has 0 saturated heterocycles. The summed E-state index contributed by atoms with van der Waals surface area (Å²) < 4.78 is 5.44. The van der Waals surface area contributed by atoms with Crippen LogP contribution in [0.3, 0.4) is 0 Å². The van der Waals surface area contributed by atoms with Crippen molar-refractivity contribution >= 4 is 5.69 Å². The number of fused-ring (bicyclic) bond motifs is 1. The van der Waals surface area contributed by atoms with Gasteiger partial charge in [-0.25, -0.2) is 0 Å². The molecule has 1 aliphatic rings. The van der Waals surface area contributed by atoms with Crippen molar-refractivity contribution < 1.29 is 14.8 Å². The fourth-order valence-electron chi connectivity index (χ4n) is 1.67. The topological polar surface area (TPSA) is 72.6 Å². The van der Waals surface area contributed by atoms with E-state index in [1.807, 2.05) is 0 Å². The quantitative estimate of drug-likeness (QED) is 0.588. The number of rotatable bonds is 2. The van der Waals surface area contributed by atoms with Gasteiger partial charge in [0.05, 0.1) is 11.5 Å². The standard InChI is InChI=1S/C10H11NO4/c12-6-9-3-1-7-5-8(11(13)14)2-4-10(7)15-9/h2,4-5,9,12H,1,3,6H2/t9-/m1/s1. The Morgan fingerprint density at radius 1 is 1.60 bits per heavy atom. The summed E-state index contributed by atoms with van der Waals surface area (Å²) in [7, 11) is 0. The average molecular weight is 209 g/mol. The minimum atomic E-state index is -0.418. The first-order valence-corrected chi connectivity index (χ1v) is 4.75. The Labute approximate surface area is 86.4 Å². The number of benzene rings is 1. The normalized spacial score (nSPS) is 19.1. The number of aryl methyl sites for hydroxylation is 1. The fourth-order valence-corrected chi connectivity index (χ4v) is 1.67. The van der Waals surface area contributed by atoms with Gasteiger partial charge in [0.15, 0.2) is 0 Å². The first kappa shape index (κ1) is 9.92. The highest BCUT2D eigenvalue weighted by Crippen LogP contribution is 2.30. The molecule has 0 spiro atoms. The van der Waals surface area contributed by atoms with Gasteiger partial charge in [-0.15, -0.1) is 0 Å². The third-order valence-electron chi connectivity index (χ3n) is 2.49. The molecular formula is C10H11NO4. The van der Waals surface area contributed by atoms with E-state index in [-0.39, 0.29) is 18.4 Å². The van der Waals surface area contributed by atoms with Crippen LogP contribution in [0.15, 0.2) is 18.2 Å². The molecule has 1 heterocycles. The molecule has 5 nitrogen and oxygen atoms in total. The van der Waals surface area contributed by atoms with Crippen LogP contribution < -0.4 is 4.74 Å². The molecule has 0 aromatic heterocycles. The highest BCUT2D eigenvalue weighted by Gasteiger charge is 2.20. The zero-order valence-electron chi connectivity index (χ0n) is 8.05. The van der Waals surface area contributed by atoms with Crippen LogP contribution in [0.2, 0.25) is 0 Å². The Kier molecular flexibility index (Phi) is 2.55. The second-order valence-corrected chi connectivity index (χ2v) is 3.51. The summed E-state index contributed by atoms with van der Waals surface area (Å²) >= 11 is 0. The number of nitro groups is 1. The molecule has 1 aromatic rings. The van der Waals surface area contributed by atoms with E-state index in [0.717, 1.165) is 5.56 Å². The lowest BCUT2D eigenvalue weighted by Gasteiger charge is -2.24. The Bertz CT molecular complexity index is 391. The van der Waals surface area contributed by atoms with Gasteiger partial charge in [0.1, 0.15) is 11.9 Å². The number of nitro benzene ring substituents is 1. The monoisotopic (exact) mass is 209 g/mol. The predicted molar refractivity (Wildman–Crippen MR) is 52.9 cm³/mol. The number of hydrogen-bond acceptors (Lipinski definition) is 4. The van der Waals surface area contributed by atoms with Crippen LogP contribution in [0.25, 0.3) is 0 Å². The van der Waals surface area contributed by atoms with Crippen molar-refractivity contribution in [2.24, 2.45) is 0 Å². The van der Waals surface area contributed by atoms with Crippen LogP contribution in [-0.4, -0.2) is 22.7 Å². The maximum atomic E-state index is 10.5. The third kappa shape index (κ3) is 1.92. The Balaban J connectivity index is 2.28. The first-order chi connectivity index (χ1) is 7.20. The number of nitrogens with zero attached hydrogens (tertiary/aromatic N) is 1. The molecule has 1 aliphatic heterocycles. The summed E-state index contributed by atoms with van der Waals surface area (Å²) in [6, 6.07) is 4.54. The van der Waals surface area contributed by atoms with Gasteiger partial charge in [0.2, 0.25) is 0 Å².